The molecule has 1 N–H and O–H groups in total. The van der Waals surface area contributed by atoms with Crippen LogP contribution in [0.25, 0.3) is 0 Å². The van der Waals surface area contributed by atoms with Gasteiger partial charge in [0, 0.05) is 5.69 Å². The van der Waals surface area contributed by atoms with Crippen molar-refractivity contribution in [1.29, 1.82) is 0 Å². The fourth-order valence-corrected chi connectivity index (χ4v) is 4.85. The van der Waals surface area contributed by atoms with E-state index in [0.717, 1.165) is 15.4 Å². The van der Waals surface area contributed by atoms with E-state index in [9.17, 15) is 22.8 Å². The molecule has 0 bridgehead atoms. The maximum Gasteiger partial charge on any atom is 0.337 e. The molecule has 9 nitrogen and oxygen atoms in total. The van der Waals surface area contributed by atoms with Crippen LogP contribution in [0.5, 0.6) is 0 Å². The topological polar surface area (TPSA) is 119 Å². The molecule has 0 aliphatic carbocycles. The molecule has 188 valence electrons. The largest absolute Gasteiger partial charge is 0.465 e. The Hall–Kier alpha value is -4.18. The number of anilines is 2. The molecule has 0 aromatic heterocycles. The van der Waals surface area contributed by atoms with Gasteiger partial charge < -0.3 is 14.8 Å². The minimum Gasteiger partial charge on any atom is -0.465 e. The molecule has 0 radical (unpaired) electrons. The number of carbonyl (C=O) groups excluding carboxylic acids is 3. The first-order valence-electron chi connectivity index (χ1n) is 10.8. The maximum absolute atomic E-state index is 13.5. The number of rotatable bonds is 8. The van der Waals surface area contributed by atoms with E-state index in [-0.39, 0.29) is 21.7 Å². The van der Waals surface area contributed by atoms with Crippen molar-refractivity contribution >= 4 is 39.2 Å². The molecule has 0 aliphatic heterocycles. The standard InChI is InChI=1S/C26H26N2O7S/c1-17-8-10-23(11-9-17)36(32,33)28(22-7-5-6-18(2)12-22)16-24(29)27-21-14-19(25(30)34-3)13-20(15-21)26(31)35-4/h5-15H,16H2,1-4H3,(H,27,29). The van der Waals surface area contributed by atoms with E-state index in [1.165, 1.54) is 44.6 Å². The summed E-state index contributed by atoms with van der Waals surface area (Å²) >= 11 is 0. The maximum atomic E-state index is 13.5. The van der Waals surface area contributed by atoms with Crippen LogP contribution in [-0.2, 0) is 24.3 Å². The number of sulfonamides is 1. The van der Waals surface area contributed by atoms with Gasteiger partial charge in [-0.05, 0) is 61.9 Å². The molecule has 1 amide bonds. The molecule has 0 spiro atoms. The summed E-state index contributed by atoms with van der Waals surface area (Å²) in [4.78, 5) is 37.2. The van der Waals surface area contributed by atoms with Gasteiger partial charge in [-0.3, -0.25) is 9.10 Å². The number of hydrogen-bond donors (Lipinski definition) is 1. The summed E-state index contributed by atoms with van der Waals surface area (Å²) in [7, 11) is -1.74. The number of benzene rings is 3. The van der Waals surface area contributed by atoms with Gasteiger partial charge in [0.2, 0.25) is 5.91 Å². The van der Waals surface area contributed by atoms with Crippen LogP contribution in [0.3, 0.4) is 0 Å². The van der Waals surface area contributed by atoms with Crippen LogP contribution in [0.4, 0.5) is 11.4 Å². The van der Waals surface area contributed by atoms with Gasteiger partial charge in [0.15, 0.2) is 0 Å². The molecular formula is C26H26N2O7S. The second-order valence-electron chi connectivity index (χ2n) is 7.99. The number of carbonyl (C=O) groups is 3. The molecule has 3 aromatic rings. The highest BCUT2D eigenvalue weighted by Crippen LogP contribution is 2.25. The Bertz CT molecular complexity index is 1370. The summed E-state index contributed by atoms with van der Waals surface area (Å²) in [5.41, 5.74) is 2.13. The van der Waals surface area contributed by atoms with Crippen LogP contribution in [0.1, 0.15) is 31.8 Å². The van der Waals surface area contributed by atoms with Crippen LogP contribution in [-0.4, -0.2) is 47.0 Å². The van der Waals surface area contributed by atoms with Crippen LogP contribution < -0.4 is 9.62 Å². The lowest BCUT2D eigenvalue weighted by Crippen LogP contribution is -2.38. The zero-order chi connectivity index (χ0) is 26.5. The third-order valence-corrected chi connectivity index (χ3v) is 7.03. The molecule has 10 heteroatoms. The van der Waals surface area contributed by atoms with E-state index in [2.05, 4.69) is 5.32 Å². The number of aryl methyl sites for hydroxylation is 2. The van der Waals surface area contributed by atoms with Crippen molar-refractivity contribution in [2.45, 2.75) is 18.7 Å². The highest BCUT2D eigenvalue weighted by atomic mass is 32.2. The van der Waals surface area contributed by atoms with Gasteiger partial charge in [0.1, 0.15) is 6.54 Å². The van der Waals surface area contributed by atoms with E-state index < -0.39 is 34.4 Å². The smallest absolute Gasteiger partial charge is 0.337 e. The zero-order valence-corrected chi connectivity index (χ0v) is 21.1. The van der Waals surface area contributed by atoms with E-state index in [0.29, 0.717) is 5.69 Å². The van der Waals surface area contributed by atoms with Crippen molar-refractivity contribution < 1.29 is 32.3 Å². The van der Waals surface area contributed by atoms with Gasteiger partial charge in [-0.15, -0.1) is 0 Å². The number of nitrogens with zero attached hydrogens (tertiary/aromatic N) is 1. The number of ether oxygens (including phenoxy) is 2. The zero-order valence-electron chi connectivity index (χ0n) is 20.3. The predicted octanol–water partition coefficient (Wildman–Crippen LogP) is 3.71. The van der Waals surface area contributed by atoms with Gasteiger partial charge in [-0.25, -0.2) is 18.0 Å². The Morgan fingerprint density at radius 2 is 1.39 bits per heavy atom. The molecule has 0 atom stereocenters. The fourth-order valence-electron chi connectivity index (χ4n) is 3.44. The van der Waals surface area contributed by atoms with E-state index in [4.69, 9.17) is 9.47 Å². The van der Waals surface area contributed by atoms with Gasteiger partial charge >= 0.3 is 11.9 Å². The van der Waals surface area contributed by atoms with Gasteiger partial charge in [0.05, 0.1) is 35.9 Å². The second kappa shape index (κ2) is 11.0. The van der Waals surface area contributed by atoms with Crippen LogP contribution in [0.2, 0.25) is 0 Å². The fraction of sp³-hybridized carbons (Fsp3) is 0.192. The van der Waals surface area contributed by atoms with E-state index >= 15 is 0 Å². The van der Waals surface area contributed by atoms with Crippen LogP contribution in [0, 0.1) is 13.8 Å². The van der Waals surface area contributed by atoms with Gasteiger partial charge in [-0.1, -0.05) is 29.8 Å². The Labute approximate surface area is 209 Å². The minimum absolute atomic E-state index is 0.0125. The molecule has 0 saturated heterocycles. The molecule has 36 heavy (non-hydrogen) atoms. The first kappa shape index (κ1) is 26.4. The third-order valence-electron chi connectivity index (χ3n) is 5.24. The first-order valence-corrected chi connectivity index (χ1v) is 12.3. The minimum atomic E-state index is -4.10. The quantitative estimate of drug-likeness (QED) is 0.459. The van der Waals surface area contributed by atoms with E-state index in [1.54, 1.807) is 30.3 Å². The highest BCUT2D eigenvalue weighted by Gasteiger charge is 2.27. The first-order chi connectivity index (χ1) is 17.0. The van der Waals surface area contributed by atoms with Crippen molar-refractivity contribution in [3.8, 4) is 0 Å². The summed E-state index contributed by atoms with van der Waals surface area (Å²) in [5.74, 6) is -2.13. The van der Waals surface area contributed by atoms with Crippen LogP contribution >= 0.6 is 0 Å². The molecule has 0 saturated carbocycles. The normalized spacial score (nSPS) is 10.9. The van der Waals surface area contributed by atoms with Crippen molar-refractivity contribution in [3.63, 3.8) is 0 Å². The third kappa shape index (κ3) is 6.08. The van der Waals surface area contributed by atoms with Crippen molar-refractivity contribution in [1.82, 2.24) is 0 Å². The van der Waals surface area contributed by atoms with Gasteiger partial charge in [-0.2, -0.15) is 0 Å². The summed E-state index contributed by atoms with van der Waals surface area (Å²) in [6, 6.07) is 17.0. The number of nitrogens with one attached hydrogen (secondary N) is 1. The van der Waals surface area contributed by atoms with Crippen molar-refractivity contribution in [2.24, 2.45) is 0 Å². The molecule has 0 unspecified atom stereocenters. The molecule has 0 heterocycles. The Balaban J connectivity index is 1.98. The lowest BCUT2D eigenvalue weighted by molar-refractivity contribution is -0.114. The summed E-state index contributed by atoms with van der Waals surface area (Å²) in [6.45, 7) is 3.09. The Kier molecular flexibility index (Phi) is 8.11. The average Bonchev–Trinajstić information content (AvgIpc) is 2.86. The Morgan fingerprint density at radius 1 is 0.806 bits per heavy atom. The lowest BCUT2D eigenvalue weighted by atomic mass is 10.1. The Morgan fingerprint density at radius 3 is 1.92 bits per heavy atom. The van der Waals surface area contributed by atoms with E-state index in [1.807, 2.05) is 19.9 Å². The monoisotopic (exact) mass is 510 g/mol. The van der Waals surface area contributed by atoms with Crippen LogP contribution in [0.15, 0.2) is 71.6 Å². The van der Waals surface area contributed by atoms with Crippen molar-refractivity contribution in [3.05, 3.63) is 89.0 Å². The predicted molar refractivity (Wildman–Crippen MR) is 135 cm³/mol. The second-order valence-corrected chi connectivity index (χ2v) is 9.86. The van der Waals surface area contributed by atoms with Crippen molar-refractivity contribution in [2.75, 3.05) is 30.4 Å². The SMILES string of the molecule is COC(=O)c1cc(NC(=O)CN(c2cccc(C)c2)S(=O)(=O)c2ccc(C)cc2)cc(C(=O)OC)c1. The summed E-state index contributed by atoms with van der Waals surface area (Å²) in [6.07, 6.45) is 0. The number of methoxy groups -OCH3 is 2. The lowest BCUT2D eigenvalue weighted by Gasteiger charge is -2.24. The number of esters is 2. The molecular weight excluding hydrogens is 484 g/mol. The molecule has 0 aliphatic rings. The molecule has 3 rings (SSSR count). The highest BCUT2D eigenvalue weighted by molar-refractivity contribution is 7.92. The molecule has 0 fully saturated rings. The van der Waals surface area contributed by atoms with Gasteiger partial charge in [0.25, 0.3) is 10.0 Å². The summed E-state index contributed by atoms with van der Waals surface area (Å²) in [5, 5.41) is 2.57. The number of amides is 1. The summed E-state index contributed by atoms with van der Waals surface area (Å²) < 4.78 is 37.5. The molecule has 3 aromatic carbocycles. The average molecular weight is 511 g/mol. The number of hydrogen-bond acceptors (Lipinski definition) is 7.